The molecule has 0 aliphatic carbocycles. The summed E-state index contributed by atoms with van der Waals surface area (Å²) in [5.74, 6) is 0.126. The van der Waals surface area contributed by atoms with Gasteiger partial charge >= 0.3 is 0 Å². The van der Waals surface area contributed by atoms with Crippen LogP contribution < -0.4 is 10.2 Å². The number of fused-ring (bicyclic) bond motifs is 2. The molecule has 1 fully saturated rings. The molecule has 3 heterocycles. The van der Waals surface area contributed by atoms with Crippen LogP contribution in [0.25, 0.3) is 0 Å². The van der Waals surface area contributed by atoms with Crippen LogP contribution in [0, 0.1) is 0 Å². The van der Waals surface area contributed by atoms with Gasteiger partial charge in [-0.3, -0.25) is 24.3 Å². The lowest BCUT2D eigenvalue weighted by Crippen LogP contribution is -2.43. The van der Waals surface area contributed by atoms with E-state index in [1.54, 1.807) is 41.4 Å². The van der Waals surface area contributed by atoms with Crippen LogP contribution in [0.3, 0.4) is 0 Å². The first-order valence-corrected chi connectivity index (χ1v) is 10.2. The zero-order valence-electron chi connectivity index (χ0n) is 17.0. The maximum Gasteiger partial charge on any atom is 0.257 e. The topological polar surface area (TPSA) is 68.8 Å². The van der Waals surface area contributed by atoms with Crippen LogP contribution in [-0.4, -0.2) is 65.9 Å². The molecule has 1 aromatic carbocycles. The first-order valence-electron chi connectivity index (χ1n) is 10.2. The number of carbonyl (C=O) groups excluding carboxylic acids is 2. The third-order valence-electron chi connectivity index (χ3n) is 5.72. The van der Waals surface area contributed by atoms with E-state index >= 15 is 0 Å². The van der Waals surface area contributed by atoms with Gasteiger partial charge in [0.15, 0.2) is 5.82 Å². The van der Waals surface area contributed by atoms with Crippen molar-refractivity contribution in [2.45, 2.75) is 25.8 Å². The Morgan fingerprint density at radius 2 is 2.10 bits per heavy atom. The molecule has 1 aromatic heterocycles. The molecular weight excluding hydrogens is 366 g/mol. The number of likely N-dealkylation sites (N-methyl/N-ethyl adjacent to an activating group) is 2. The third-order valence-corrected chi connectivity index (χ3v) is 5.72. The molecule has 7 heteroatoms. The number of likely N-dealkylation sites (tertiary alicyclic amines) is 1. The Bertz CT molecular complexity index is 916. The second-order valence-corrected chi connectivity index (χ2v) is 7.70. The molecule has 2 aliphatic heterocycles. The van der Waals surface area contributed by atoms with E-state index in [1.807, 2.05) is 13.1 Å². The molecule has 2 aromatic rings. The largest absolute Gasteiger partial charge is 0.319 e. The zero-order chi connectivity index (χ0) is 20.4. The van der Waals surface area contributed by atoms with Crippen LogP contribution in [-0.2, 0) is 4.79 Å². The Hall–Kier alpha value is -2.77. The number of hydrogen-bond acceptors (Lipinski definition) is 5. The van der Waals surface area contributed by atoms with Gasteiger partial charge in [0.05, 0.1) is 23.5 Å². The Balaban J connectivity index is 1.60. The van der Waals surface area contributed by atoms with Gasteiger partial charge < -0.3 is 5.32 Å². The van der Waals surface area contributed by atoms with Crippen molar-refractivity contribution in [2.75, 3.05) is 43.4 Å². The summed E-state index contributed by atoms with van der Waals surface area (Å²) < 4.78 is 0. The SMILES string of the molecule is CCN1CCCC1CN(C)CC(=O)N1c2ccccc2C(=O)Nc2cccnc21. The first kappa shape index (κ1) is 19.5. The highest BCUT2D eigenvalue weighted by Gasteiger charge is 2.31. The van der Waals surface area contributed by atoms with Gasteiger partial charge in [0.25, 0.3) is 5.91 Å². The molecule has 1 N–H and O–H groups in total. The van der Waals surface area contributed by atoms with Gasteiger partial charge in [-0.1, -0.05) is 19.1 Å². The lowest BCUT2D eigenvalue weighted by Gasteiger charge is -2.29. The van der Waals surface area contributed by atoms with Gasteiger partial charge in [0.2, 0.25) is 5.91 Å². The van der Waals surface area contributed by atoms with Crippen LogP contribution in [0.2, 0.25) is 0 Å². The maximum absolute atomic E-state index is 13.4. The number of nitrogens with zero attached hydrogens (tertiary/aromatic N) is 4. The van der Waals surface area contributed by atoms with Gasteiger partial charge in [-0.2, -0.15) is 0 Å². The molecule has 29 heavy (non-hydrogen) atoms. The van der Waals surface area contributed by atoms with Crippen LogP contribution in [0.4, 0.5) is 17.2 Å². The molecule has 2 amide bonds. The predicted octanol–water partition coefficient (Wildman–Crippen LogP) is 2.73. The molecule has 2 aliphatic rings. The molecular formula is C22H27N5O2. The Morgan fingerprint density at radius 3 is 2.93 bits per heavy atom. The average Bonchev–Trinajstić information content (AvgIpc) is 3.11. The summed E-state index contributed by atoms with van der Waals surface area (Å²) in [4.78, 5) is 36.6. The summed E-state index contributed by atoms with van der Waals surface area (Å²) in [5.41, 5.74) is 1.57. The summed E-state index contributed by atoms with van der Waals surface area (Å²) in [6, 6.07) is 11.2. The number of para-hydroxylation sites is 1. The molecule has 0 spiro atoms. The fourth-order valence-corrected chi connectivity index (χ4v) is 4.33. The second-order valence-electron chi connectivity index (χ2n) is 7.70. The fourth-order valence-electron chi connectivity index (χ4n) is 4.33. The standard InChI is InChI=1S/C22H27N5O2/c1-3-26-13-7-8-16(26)14-25(2)15-20(28)27-19-11-5-4-9-17(19)22(29)24-18-10-6-12-23-21(18)27/h4-6,9-12,16H,3,7-8,13-15H2,1-2H3,(H,24,29). The van der Waals surface area contributed by atoms with E-state index in [0.717, 1.165) is 19.6 Å². The summed E-state index contributed by atoms with van der Waals surface area (Å²) in [6.45, 7) is 5.46. The van der Waals surface area contributed by atoms with Crippen LogP contribution in [0.15, 0.2) is 42.6 Å². The van der Waals surface area contributed by atoms with Gasteiger partial charge in [0, 0.05) is 18.8 Å². The average molecular weight is 393 g/mol. The highest BCUT2D eigenvalue weighted by atomic mass is 16.2. The number of anilines is 3. The van der Waals surface area contributed by atoms with Gasteiger partial charge in [-0.05, 0) is 57.2 Å². The zero-order valence-corrected chi connectivity index (χ0v) is 17.0. The van der Waals surface area contributed by atoms with Gasteiger partial charge in [-0.25, -0.2) is 4.98 Å². The van der Waals surface area contributed by atoms with Crippen molar-refractivity contribution in [1.82, 2.24) is 14.8 Å². The Morgan fingerprint density at radius 1 is 1.28 bits per heavy atom. The van der Waals surface area contributed by atoms with Crippen LogP contribution in [0.5, 0.6) is 0 Å². The molecule has 0 saturated carbocycles. The first-order chi connectivity index (χ1) is 14.1. The molecule has 1 unspecified atom stereocenters. The molecule has 7 nitrogen and oxygen atoms in total. The van der Waals surface area contributed by atoms with Crippen LogP contribution >= 0.6 is 0 Å². The molecule has 0 radical (unpaired) electrons. The highest BCUT2D eigenvalue weighted by molar-refractivity contribution is 6.17. The van der Waals surface area contributed by atoms with Crippen LogP contribution in [0.1, 0.15) is 30.1 Å². The highest BCUT2D eigenvalue weighted by Crippen LogP contribution is 2.36. The van der Waals surface area contributed by atoms with E-state index in [0.29, 0.717) is 28.8 Å². The van der Waals surface area contributed by atoms with E-state index in [9.17, 15) is 9.59 Å². The number of amides is 2. The number of rotatable bonds is 5. The molecule has 4 rings (SSSR count). The smallest absolute Gasteiger partial charge is 0.257 e. The number of carbonyl (C=O) groups is 2. The molecule has 1 atom stereocenters. The lowest BCUT2D eigenvalue weighted by atomic mass is 10.1. The summed E-state index contributed by atoms with van der Waals surface area (Å²) in [5, 5.41) is 2.87. The summed E-state index contributed by atoms with van der Waals surface area (Å²) in [6.07, 6.45) is 4.02. The van der Waals surface area contributed by atoms with E-state index in [4.69, 9.17) is 0 Å². The number of nitrogens with one attached hydrogen (secondary N) is 1. The third kappa shape index (κ3) is 3.88. The lowest BCUT2D eigenvalue weighted by molar-refractivity contribution is -0.118. The molecule has 152 valence electrons. The normalized spacial score (nSPS) is 18.9. The van der Waals surface area contributed by atoms with Crippen molar-refractivity contribution in [3.63, 3.8) is 0 Å². The van der Waals surface area contributed by atoms with Crippen molar-refractivity contribution < 1.29 is 9.59 Å². The molecule has 1 saturated heterocycles. The monoisotopic (exact) mass is 393 g/mol. The summed E-state index contributed by atoms with van der Waals surface area (Å²) >= 11 is 0. The van der Waals surface area contributed by atoms with Crippen molar-refractivity contribution in [1.29, 1.82) is 0 Å². The van der Waals surface area contributed by atoms with Gasteiger partial charge in [0.1, 0.15) is 0 Å². The number of hydrogen-bond donors (Lipinski definition) is 1. The Kier molecular flexibility index (Phi) is 5.60. The minimum Gasteiger partial charge on any atom is -0.319 e. The fraction of sp³-hybridized carbons (Fsp3) is 0.409. The van der Waals surface area contributed by atoms with Gasteiger partial charge in [-0.15, -0.1) is 0 Å². The predicted molar refractivity (Wildman–Crippen MR) is 114 cm³/mol. The van der Waals surface area contributed by atoms with Crippen molar-refractivity contribution in [2.24, 2.45) is 0 Å². The number of benzene rings is 1. The van der Waals surface area contributed by atoms with Crippen molar-refractivity contribution in [3.8, 4) is 0 Å². The van der Waals surface area contributed by atoms with Crippen molar-refractivity contribution >= 4 is 29.0 Å². The Labute approximate surface area is 171 Å². The number of pyridine rings is 1. The van der Waals surface area contributed by atoms with E-state index in [2.05, 4.69) is 27.0 Å². The minimum absolute atomic E-state index is 0.0996. The molecule has 0 bridgehead atoms. The maximum atomic E-state index is 13.4. The van der Waals surface area contributed by atoms with E-state index < -0.39 is 0 Å². The second kappa shape index (κ2) is 8.31. The van der Waals surface area contributed by atoms with E-state index in [-0.39, 0.29) is 18.4 Å². The van der Waals surface area contributed by atoms with E-state index in [1.165, 1.54) is 12.8 Å². The van der Waals surface area contributed by atoms with Crippen molar-refractivity contribution in [3.05, 3.63) is 48.2 Å². The number of aromatic nitrogens is 1. The minimum atomic E-state index is -0.233. The summed E-state index contributed by atoms with van der Waals surface area (Å²) in [7, 11) is 1.98. The quantitative estimate of drug-likeness (QED) is 0.846.